The van der Waals surface area contributed by atoms with Gasteiger partial charge >= 0.3 is 0 Å². The van der Waals surface area contributed by atoms with Crippen molar-refractivity contribution in [1.82, 2.24) is 4.31 Å². The molecule has 1 aliphatic carbocycles. The molecule has 1 heterocycles. The Morgan fingerprint density at radius 3 is 2.43 bits per heavy atom. The highest BCUT2D eigenvalue weighted by molar-refractivity contribution is 7.89. The third-order valence-corrected chi connectivity index (χ3v) is 6.68. The fourth-order valence-corrected chi connectivity index (χ4v) is 4.91. The van der Waals surface area contributed by atoms with Crippen molar-refractivity contribution in [2.45, 2.75) is 23.7 Å². The van der Waals surface area contributed by atoms with E-state index in [4.69, 9.17) is 16.3 Å². The molecule has 1 aliphatic heterocycles. The van der Waals surface area contributed by atoms with Crippen LogP contribution in [0.25, 0.3) is 0 Å². The second-order valence-corrected chi connectivity index (χ2v) is 7.87. The molecule has 0 aromatic heterocycles. The number of alkyl halides is 2. The first kappa shape index (κ1) is 15.0. The number of nitrogens with zero attached hydrogens (tertiary/aromatic N) is 1. The molecule has 0 bridgehead atoms. The van der Waals surface area contributed by atoms with E-state index in [9.17, 15) is 17.2 Å². The first-order valence-corrected chi connectivity index (χ1v) is 8.25. The Hall–Kier alpha value is -0.920. The Labute approximate surface area is 126 Å². The maximum Gasteiger partial charge on any atom is 0.256 e. The van der Waals surface area contributed by atoms with Gasteiger partial charge in [-0.15, -0.1) is 0 Å². The van der Waals surface area contributed by atoms with Crippen molar-refractivity contribution < 1.29 is 21.9 Å². The van der Waals surface area contributed by atoms with Gasteiger partial charge in [0.1, 0.15) is 10.6 Å². The monoisotopic (exact) mass is 337 g/mol. The highest BCUT2D eigenvalue weighted by Gasteiger charge is 2.68. The molecule has 0 radical (unpaired) electrons. The lowest BCUT2D eigenvalue weighted by Gasteiger charge is -2.59. The SMILES string of the molecule is COc1ccc(Cl)c(S(=O)(=O)N2CC3(CCC3(F)F)C2)c1. The quantitative estimate of drug-likeness (QED) is 0.852. The van der Waals surface area contributed by atoms with Crippen LogP contribution in [0.3, 0.4) is 0 Å². The molecule has 4 nitrogen and oxygen atoms in total. The molecule has 1 aromatic rings. The van der Waals surface area contributed by atoms with Gasteiger partial charge < -0.3 is 4.74 Å². The van der Waals surface area contributed by atoms with Gasteiger partial charge in [-0.1, -0.05) is 11.6 Å². The maximum absolute atomic E-state index is 13.5. The summed E-state index contributed by atoms with van der Waals surface area (Å²) in [5.41, 5.74) is -1.18. The Morgan fingerprint density at radius 2 is 1.95 bits per heavy atom. The number of hydrogen-bond acceptors (Lipinski definition) is 3. The van der Waals surface area contributed by atoms with Crippen molar-refractivity contribution in [1.29, 1.82) is 0 Å². The zero-order chi connectivity index (χ0) is 15.5. The standard InChI is InChI=1S/C13H14ClF2NO3S/c1-20-9-2-3-10(14)11(6-9)21(18,19)17-7-12(8-17)4-5-13(12,15)16/h2-3,6H,4-5,7-8H2,1H3. The van der Waals surface area contributed by atoms with Gasteiger partial charge in [0.05, 0.1) is 17.5 Å². The summed E-state index contributed by atoms with van der Waals surface area (Å²) < 4.78 is 58.1. The normalized spacial score (nSPS) is 23.4. The predicted molar refractivity (Wildman–Crippen MR) is 73.4 cm³/mol. The Balaban J connectivity index is 1.87. The van der Waals surface area contributed by atoms with Gasteiger partial charge in [0.25, 0.3) is 5.92 Å². The summed E-state index contributed by atoms with van der Waals surface area (Å²) in [7, 11) is -2.46. The average molecular weight is 338 g/mol. The molecule has 0 N–H and O–H groups in total. The topological polar surface area (TPSA) is 46.6 Å². The number of halogens is 3. The van der Waals surface area contributed by atoms with Crippen LogP contribution in [0, 0.1) is 5.41 Å². The van der Waals surface area contributed by atoms with E-state index in [1.807, 2.05) is 0 Å². The molecule has 116 valence electrons. The van der Waals surface area contributed by atoms with Crippen LogP contribution in [0.1, 0.15) is 12.8 Å². The molecule has 8 heteroatoms. The van der Waals surface area contributed by atoms with Crippen LogP contribution < -0.4 is 4.74 Å². The van der Waals surface area contributed by atoms with E-state index in [1.54, 1.807) is 6.07 Å². The fourth-order valence-electron chi connectivity index (χ4n) is 2.80. The molecule has 1 aromatic carbocycles. The maximum atomic E-state index is 13.5. The van der Waals surface area contributed by atoms with Crippen molar-refractivity contribution in [2.24, 2.45) is 5.41 Å². The summed E-state index contributed by atoms with van der Waals surface area (Å²) >= 11 is 5.93. The number of ether oxygens (including phenoxy) is 1. The van der Waals surface area contributed by atoms with Crippen LogP contribution in [-0.2, 0) is 10.0 Å². The van der Waals surface area contributed by atoms with Gasteiger partial charge in [-0.3, -0.25) is 0 Å². The number of benzene rings is 1. The second kappa shape index (κ2) is 4.54. The molecule has 0 unspecified atom stereocenters. The highest BCUT2D eigenvalue weighted by atomic mass is 35.5. The molecule has 0 atom stereocenters. The number of rotatable bonds is 3. The lowest BCUT2D eigenvalue weighted by atomic mass is 9.61. The largest absolute Gasteiger partial charge is 0.497 e. The Morgan fingerprint density at radius 1 is 1.29 bits per heavy atom. The second-order valence-electron chi connectivity index (χ2n) is 5.55. The van der Waals surface area contributed by atoms with Crippen LogP contribution in [0.15, 0.2) is 23.1 Å². The van der Waals surface area contributed by atoms with Crippen molar-refractivity contribution >= 4 is 21.6 Å². The lowest BCUT2D eigenvalue weighted by Crippen LogP contribution is -2.70. The van der Waals surface area contributed by atoms with E-state index >= 15 is 0 Å². The van der Waals surface area contributed by atoms with Gasteiger partial charge in [0, 0.05) is 25.6 Å². The first-order valence-electron chi connectivity index (χ1n) is 6.43. The predicted octanol–water partition coefficient (Wildman–Crippen LogP) is 2.77. The molecule has 0 amide bonds. The lowest BCUT2D eigenvalue weighted by molar-refractivity contribution is -0.242. The molecule has 21 heavy (non-hydrogen) atoms. The molecule has 1 saturated heterocycles. The summed E-state index contributed by atoms with van der Waals surface area (Å²) in [6.07, 6.45) is 0.193. The van der Waals surface area contributed by atoms with Crippen LogP contribution in [0.2, 0.25) is 5.02 Å². The summed E-state index contributed by atoms with van der Waals surface area (Å²) in [5, 5.41) is 0.0529. The minimum absolute atomic E-state index is 0.0529. The van der Waals surface area contributed by atoms with Crippen molar-refractivity contribution in [2.75, 3.05) is 20.2 Å². The average Bonchev–Trinajstić information content (AvgIpc) is 2.36. The van der Waals surface area contributed by atoms with Crippen LogP contribution in [0.4, 0.5) is 8.78 Å². The summed E-state index contributed by atoms with van der Waals surface area (Å²) in [4.78, 5) is -0.110. The molecular weight excluding hydrogens is 324 g/mol. The van der Waals surface area contributed by atoms with Gasteiger partial charge in [-0.25, -0.2) is 17.2 Å². The van der Waals surface area contributed by atoms with Crippen molar-refractivity contribution in [3.05, 3.63) is 23.2 Å². The van der Waals surface area contributed by atoms with Crippen LogP contribution in [-0.4, -0.2) is 38.8 Å². The minimum atomic E-state index is -3.87. The molecule has 2 fully saturated rings. The minimum Gasteiger partial charge on any atom is -0.497 e. The smallest absolute Gasteiger partial charge is 0.256 e. The van der Waals surface area contributed by atoms with Gasteiger partial charge in [0.15, 0.2) is 0 Å². The summed E-state index contributed by atoms with van der Waals surface area (Å²) in [6.45, 7) is -0.314. The molecule has 1 saturated carbocycles. The van der Waals surface area contributed by atoms with Gasteiger partial charge in [0.2, 0.25) is 10.0 Å². The van der Waals surface area contributed by atoms with Crippen molar-refractivity contribution in [3.8, 4) is 5.75 Å². The third-order valence-electron chi connectivity index (χ3n) is 4.41. The van der Waals surface area contributed by atoms with Gasteiger partial charge in [-0.2, -0.15) is 4.31 Å². The zero-order valence-electron chi connectivity index (χ0n) is 11.3. The van der Waals surface area contributed by atoms with Gasteiger partial charge in [-0.05, 0) is 18.6 Å². The van der Waals surface area contributed by atoms with E-state index in [0.29, 0.717) is 12.2 Å². The number of sulfonamides is 1. The molecule has 1 spiro atoms. The fraction of sp³-hybridized carbons (Fsp3) is 0.538. The van der Waals surface area contributed by atoms with E-state index in [0.717, 1.165) is 4.31 Å². The van der Waals surface area contributed by atoms with Crippen LogP contribution >= 0.6 is 11.6 Å². The van der Waals surface area contributed by atoms with E-state index in [1.165, 1.54) is 19.2 Å². The Bertz CT molecular complexity index is 687. The summed E-state index contributed by atoms with van der Waals surface area (Å²) in [5.74, 6) is -2.42. The number of hydrogen-bond donors (Lipinski definition) is 0. The van der Waals surface area contributed by atoms with Crippen LogP contribution in [0.5, 0.6) is 5.75 Å². The van der Waals surface area contributed by atoms with E-state index in [2.05, 4.69) is 0 Å². The molecular formula is C13H14ClF2NO3S. The first-order chi connectivity index (χ1) is 9.72. The third kappa shape index (κ3) is 2.05. The number of methoxy groups -OCH3 is 1. The Kier molecular flexibility index (Phi) is 3.24. The summed E-state index contributed by atoms with van der Waals surface area (Å²) in [6, 6.07) is 4.27. The van der Waals surface area contributed by atoms with E-state index < -0.39 is 21.4 Å². The molecule has 3 rings (SSSR count). The highest BCUT2D eigenvalue weighted by Crippen LogP contribution is 2.59. The molecule has 2 aliphatic rings. The zero-order valence-corrected chi connectivity index (χ0v) is 12.8. The van der Waals surface area contributed by atoms with Crippen molar-refractivity contribution in [3.63, 3.8) is 0 Å². The van der Waals surface area contributed by atoms with E-state index in [-0.39, 0.29) is 29.4 Å².